The molecule has 0 aliphatic heterocycles. The predicted octanol–water partition coefficient (Wildman–Crippen LogP) is 3.74. The van der Waals surface area contributed by atoms with Crippen LogP contribution in [0.5, 0.6) is 0 Å². The highest BCUT2D eigenvalue weighted by molar-refractivity contribution is 6.30. The van der Waals surface area contributed by atoms with Crippen LogP contribution in [0.25, 0.3) is 0 Å². The molecular weight excluding hydrogens is 234 g/mol. The van der Waals surface area contributed by atoms with E-state index >= 15 is 0 Å². The first-order valence-corrected chi connectivity index (χ1v) is 5.91. The van der Waals surface area contributed by atoms with Crippen molar-refractivity contribution in [3.05, 3.63) is 46.9 Å². The summed E-state index contributed by atoms with van der Waals surface area (Å²) in [5, 5.41) is 3.78. The maximum absolute atomic E-state index is 6.04. The summed E-state index contributed by atoms with van der Waals surface area (Å²) in [6, 6.07) is 8.13. The molecule has 0 amide bonds. The Hall–Kier alpha value is -1.61. The summed E-state index contributed by atoms with van der Waals surface area (Å²) in [7, 11) is 0. The average molecular weight is 248 g/mol. The number of hydrogen-bond donors (Lipinski definition) is 1. The zero-order chi connectivity index (χ0) is 12.3. The lowest BCUT2D eigenvalue weighted by Gasteiger charge is -2.10. The first-order chi connectivity index (χ1) is 8.20. The number of halogens is 1. The third-order valence-corrected chi connectivity index (χ3v) is 2.85. The van der Waals surface area contributed by atoms with E-state index < -0.39 is 0 Å². The Morgan fingerprint density at radius 1 is 1.29 bits per heavy atom. The lowest BCUT2D eigenvalue weighted by Crippen LogP contribution is -2.00. The van der Waals surface area contributed by atoms with Gasteiger partial charge in [-0.1, -0.05) is 30.7 Å². The molecule has 1 heterocycles. The van der Waals surface area contributed by atoms with Crippen LogP contribution in [0.3, 0.4) is 0 Å². The van der Waals surface area contributed by atoms with Gasteiger partial charge in [-0.25, -0.2) is 9.97 Å². The normalized spacial score (nSPS) is 10.3. The zero-order valence-corrected chi connectivity index (χ0v) is 10.6. The topological polar surface area (TPSA) is 37.8 Å². The lowest BCUT2D eigenvalue weighted by molar-refractivity contribution is 1.05. The predicted molar refractivity (Wildman–Crippen MR) is 70.9 cm³/mol. The summed E-state index contributed by atoms with van der Waals surface area (Å²) >= 11 is 6.04. The van der Waals surface area contributed by atoms with Crippen LogP contribution in [0, 0.1) is 6.92 Å². The summed E-state index contributed by atoms with van der Waals surface area (Å²) in [6.07, 6.45) is 2.27. The fraction of sp³-hybridized carbons (Fsp3) is 0.231. The molecule has 1 aromatic heterocycles. The maximum atomic E-state index is 6.04. The molecule has 0 aliphatic carbocycles. The first-order valence-electron chi connectivity index (χ1n) is 5.53. The lowest BCUT2D eigenvalue weighted by atomic mass is 10.2. The van der Waals surface area contributed by atoms with Gasteiger partial charge in [-0.3, -0.25) is 0 Å². The Balaban J connectivity index is 2.33. The minimum atomic E-state index is 0.512. The molecule has 0 bridgehead atoms. The SMILES string of the molecule is CCc1c(Cl)ncnc1Nc1cccc(C)c1. The quantitative estimate of drug-likeness (QED) is 0.840. The summed E-state index contributed by atoms with van der Waals surface area (Å²) in [5.41, 5.74) is 3.15. The zero-order valence-electron chi connectivity index (χ0n) is 9.87. The van der Waals surface area contributed by atoms with Crippen LogP contribution in [-0.4, -0.2) is 9.97 Å². The second kappa shape index (κ2) is 5.15. The third-order valence-electron chi connectivity index (χ3n) is 2.53. The van der Waals surface area contributed by atoms with Crippen molar-refractivity contribution in [1.82, 2.24) is 9.97 Å². The van der Waals surface area contributed by atoms with Crippen molar-refractivity contribution in [3.63, 3.8) is 0 Å². The van der Waals surface area contributed by atoms with E-state index in [0.29, 0.717) is 5.15 Å². The number of nitrogens with one attached hydrogen (secondary N) is 1. The van der Waals surface area contributed by atoms with Gasteiger partial charge in [0, 0.05) is 11.3 Å². The van der Waals surface area contributed by atoms with Crippen LogP contribution in [0.1, 0.15) is 18.1 Å². The highest BCUT2D eigenvalue weighted by Crippen LogP contribution is 2.23. The molecule has 0 radical (unpaired) electrons. The molecule has 2 aromatic rings. The van der Waals surface area contributed by atoms with Crippen molar-refractivity contribution in [2.45, 2.75) is 20.3 Å². The molecule has 3 nitrogen and oxygen atoms in total. The molecular formula is C13H14ClN3. The van der Waals surface area contributed by atoms with Crippen molar-refractivity contribution in [1.29, 1.82) is 0 Å². The van der Waals surface area contributed by atoms with Crippen LogP contribution in [0.2, 0.25) is 5.15 Å². The van der Waals surface area contributed by atoms with E-state index in [9.17, 15) is 0 Å². The van der Waals surface area contributed by atoms with Gasteiger partial charge >= 0.3 is 0 Å². The molecule has 0 saturated carbocycles. The van der Waals surface area contributed by atoms with E-state index in [1.54, 1.807) is 0 Å². The third kappa shape index (κ3) is 2.74. The summed E-state index contributed by atoms with van der Waals surface area (Å²) < 4.78 is 0. The van der Waals surface area contributed by atoms with Crippen LogP contribution < -0.4 is 5.32 Å². The van der Waals surface area contributed by atoms with E-state index in [2.05, 4.69) is 34.3 Å². The minimum absolute atomic E-state index is 0.512. The van der Waals surface area contributed by atoms with Crippen molar-refractivity contribution < 1.29 is 0 Å². The number of hydrogen-bond acceptors (Lipinski definition) is 3. The Labute approximate surface area is 106 Å². The Morgan fingerprint density at radius 3 is 2.82 bits per heavy atom. The molecule has 0 unspecified atom stereocenters. The molecule has 4 heteroatoms. The Morgan fingerprint density at radius 2 is 2.12 bits per heavy atom. The van der Waals surface area contributed by atoms with Gasteiger partial charge in [0.05, 0.1) is 0 Å². The molecule has 0 fully saturated rings. The molecule has 0 saturated heterocycles. The van der Waals surface area contributed by atoms with Gasteiger partial charge in [0.15, 0.2) is 0 Å². The number of nitrogens with zero attached hydrogens (tertiary/aromatic N) is 2. The largest absolute Gasteiger partial charge is 0.340 e. The van der Waals surface area contributed by atoms with Crippen LogP contribution in [0.15, 0.2) is 30.6 Å². The number of aryl methyl sites for hydroxylation is 1. The van der Waals surface area contributed by atoms with E-state index in [0.717, 1.165) is 23.5 Å². The molecule has 0 aliphatic rings. The fourth-order valence-corrected chi connectivity index (χ4v) is 1.94. The number of anilines is 2. The maximum Gasteiger partial charge on any atom is 0.138 e. The number of benzene rings is 1. The van der Waals surface area contributed by atoms with Crippen LogP contribution >= 0.6 is 11.6 Å². The van der Waals surface area contributed by atoms with Gasteiger partial charge in [0.1, 0.15) is 17.3 Å². The summed E-state index contributed by atoms with van der Waals surface area (Å²) in [5.74, 6) is 0.776. The minimum Gasteiger partial charge on any atom is -0.340 e. The Kier molecular flexibility index (Phi) is 3.59. The summed E-state index contributed by atoms with van der Waals surface area (Å²) in [6.45, 7) is 4.09. The van der Waals surface area contributed by atoms with Crippen molar-refractivity contribution >= 4 is 23.1 Å². The number of aromatic nitrogens is 2. The van der Waals surface area contributed by atoms with E-state index in [4.69, 9.17) is 11.6 Å². The molecule has 2 rings (SSSR count). The van der Waals surface area contributed by atoms with Gasteiger partial charge in [-0.05, 0) is 31.0 Å². The second-order valence-corrected chi connectivity index (χ2v) is 4.20. The average Bonchev–Trinajstić information content (AvgIpc) is 2.29. The highest BCUT2D eigenvalue weighted by atomic mass is 35.5. The van der Waals surface area contributed by atoms with E-state index in [1.807, 2.05) is 19.1 Å². The van der Waals surface area contributed by atoms with E-state index in [-0.39, 0.29) is 0 Å². The van der Waals surface area contributed by atoms with E-state index in [1.165, 1.54) is 11.9 Å². The van der Waals surface area contributed by atoms with Gasteiger partial charge in [0.2, 0.25) is 0 Å². The molecule has 1 N–H and O–H groups in total. The second-order valence-electron chi connectivity index (χ2n) is 3.84. The van der Waals surface area contributed by atoms with Crippen LogP contribution in [0.4, 0.5) is 11.5 Å². The van der Waals surface area contributed by atoms with Crippen molar-refractivity contribution in [2.75, 3.05) is 5.32 Å². The number of rotatable bonds is 3. The fourth-order valence-electron chi connectivity index (χ4n) is 1.67. The first kappa shape index (κ1) is 11.9. The van der Waals surface area contributed by atoms with Gasteiger partial charge in [-0.15, -0.1) is 0 Å². The van der Waals surface area contributed by atoms with Gasteiger partial charge < -0.3 is 5.32 Å². The van der Waals surface area contributed by atoms with Gasteiger partial charge in [0.25, 0.3) is 0 Å². The summed E-state index contributed by atoms with van der Waals surface area (Å²) in [4.78, 5) is 8.21. The van der Waals surface area contributed by atoms with Crippen molar-refractivity contribution in [3.8, 4) is 0 Å². The van der Waals surface area contributed by atoms with Gasteiger partial charge in [-0.2, -0.15) is 0 Å². The Bertz CT molecular complexity index is 526. The molecule has 17 heavy (non-hydrogen) atoms. The molecule has 0 atom stereocenters. The smallest absolute Gasteiger partial charge is 0.138 e. The molecule has 1 aromatic carbocycles. The van der Waals surface area contributed by atoms with Crippen molar-refractivity contribution in [2.24, 2.45) is 0 Å². The molecule has 88 valence electrons. The molecule has 0 spiro atoms. The van der Waals surface area contributed by atoms with Crippen LogP contribution in [-0.2, 0) is 6.42 Å². The highest BCUT2D eigenvalue weighted by Gasteiger charge is 2.07. The monoisotopic (exact) mass is 247 g/mol. The standard InChI is InChI=1S/C13H14ClN3/c1-3-11-12(14)15-8-16-13(11)17-10-6-4-5-9(2)7-10/h4-8H,3H2,1-2H3,(H,15,16,17).